The van der Waals surface area contributed by atoms with Gasteiger partial charge in [-0.25, -0.2) is 9.67 Å². The van der Waals surface area contributed by atoms with Gasteiger partial charge in [-0.2, -0.15) is 18.3 Å². The van der Waals surface area contributed by atoms with Crippen LogP contribution in [0, 0.1) is 10.1 Å². The average Bonchev–Trinajstić information content (AvgIpc) is 3.15. The van der Waals surface area contributed by atoms with Gasteiger partial charge in [0.25, 0.3) is 11.2 Å². The third-order valence-electron chi connectivity index (χ3n) is 4.45. The highest BCUT2D eigenvalue weighted by atomic mass is 19.4. The second kappa shape index (κ2) is 7.10. The zero-order chi connectivity index (χ0) is 21.5. The van der Waals surface area contributed by atoms with Crippen molar-refractivity contribution in [3.05, 3.63) is 92.7 Å². The van der Waals surface area contributed by atoms with Gasteiger partial charge >= 0.3 is 6.18 Å². The first-order valence-corrected chi connectivity index (χ1v) is 8.58. The van der Waals surface area contributed by atoms with Crippen LogP contribution in [-0.2, 0) is 12.7 Å². The van der Waals surface area contributed by atoms with Gasteiger partial charge in [0.05, 0.1) is 28.9 Å². The van der Waals surface area contributed by atoms with Gasteiger partial charge in [-0.05, 0) is 23.8 Å². The Morgan fingerprint density at radius 2 is 1.87 bits per heavy atom. The van der Waals surface area contributed by atoms with Gasteiger partial charge in [0.1, 0.15) is 11.7 Å². The summed E-state index contributed by atoms with van der Waals surface area (Å²) in [6, 6.07) is 10.4. The van der Waals surface area contributed by atoms with E-state index in [2.05, 4.69) is 10.1 Å². The van der Waals surface area contributed by atoms with Crippen molar-refractivity contribution in [3.63, 3.8) is 0 Å². The van der Waals surface area contributed by atoms with Crippen molar-refractivity contribution in [3.8, 4) is 5.69 Å². The number of benzene rings is 2. The minimum atomic E-state index is -4.52. The van der Waals surface area contributed by atoms with Crippen LogP contribution in [0.1, 0.15) is 11.1 Å². The van der Waals surface area contributed by atoms with Crippen LogP contribution in [-0.4, -0.2) is 24.3 Å². The molecule has 0 aliphatic heterocycles. The van der Waals surface area contributed by atoms with Gasteiger partial charge in [-0.1, -0.05) is 18.2 Å². The topological polar surface area (TPSA) is 95.8 Å². The third-order valence-corrected chi connectivity index (χ3v) is 4.45. The number of hydrogen-bond acceptors (Lipinski definition) is 5. The molecular weight excluding hydrogens is 403 g/mol. The second-order valence-electron chi connectivity index (χ2n) is 6.45. The maximum Gasteiger partial charge on any atom is 0.416 e. The minimum absolute atomic E-state index is 0.0399. The van der Waals surface area contributed by atoms with Crippen LogP contribution in [0.5, 0.6) is 0 Å². The molecule has 0 aliphatic carbocycles. The first-order chi connectivity index (χ1) is 14.2. The summed E-state index contributed by atoms with van der Waals surface area (Å²) in [5, 5.41) is 15.0. The van der Waals surface area contributed by atoms with Crippen molar-refractivity contribution < 1.29 is 18.1 Å². The van der Waals surface area contributed by atoms with Crippen molar-refractivity contribution >= 4 is 16.7 Å². The third kappa shape index (κ3) is 3.52. The summed E-state index contributed by atoms with van der Waals surface area (Å²) >= 11 is 0. The molecular formula is C19H12F3N5O3. The fourth-order valence-corrected chi connectivity index (χ4v) is 3.03. The van der Waals surface area contributed by atoms with E-state index in [-0.39, 0.29) is 29.0 Å². The standard InChI is InChI=1S/C19H12F3N5O3/c20-19(21,22)13-4-2-5-14(8-13)26-17-16(9-24-26)18(28)25(11-23-17)10-12-3-1-6-15(7-12)27(29)30/h1-9,11H,10H2. The smallest absolute Gasteiger partial charge is 0.294 e. The van der Waals surface area contributed by atoms with E-state index in [9.17, 15) is 28.1 Å². The van der Waals surface area contributed by atoms with Gasteiger partial charge in [0, 0.05) is 12.1 Å². The number of nitro groups is 1. The number of aromatic nitrogens is 4. The molecule has 4 aromatic rings. The summed E-state index contributed by atoms with van der Waals surface area (Å²) in [5.41, 5.74) is -0.671. The van der Waals surface area contributed by atoms with E-state index >= 15 is 0 Å². The molecule has 0 amide bonds. The Bertz CT molecular complexity index is 1330. The lowest BCUT2D eigenvalue weighted by atomic mass is 10.2. The fourth-order valence-electron chi connectivity index (χ4n) is 3.03. The summed E-state index contributed by atoms with van der Waals surface area (Å²) in [7, 11) is 0. The molecule has 0 radical (unpaired) electrons. The number of halogens is 3. The summed E-state index contributed by atoms with van der Waals surface area (Å²) in [5.74, 6) is 0. The first kappa shape index (κ1) is 19.3. The predicted molar refractivity (Wildman–Crippen MR) is 100 cm³/mol. The van der Waals surface area contributed by atoms with E-state index in [1.54, 1.807) is 6.07 Å². The number of nitrogens with zero attached hydrogens (tertiary/aromatic N) is 5. The van der Waals surface area contributed by atoms with Gasteiger partial charge in [0.2, 0.25) is 0 Å². The molecule has 2 aromatic carbocycles. The second-order valence-corrected chi connectivity index (χ2v) is 6.45. The highest BCUT2D eigenvalue weighted by molar-refractivity contribution is 5.75. The van der Waals surface area contributed by atoms with E-state index in [4.69, 9.17) is 0 Å². The van der Waals surface area contributed by atoms with Crippen LogP contribution in [0.3, 0.4) is 0 Å². The molecule has 0 aliphatic rings. The van der Waals surface area contributed by atoms with Gasteiger partial charge in [-0.3, -0.25) is 19.5 Å². The lowest BCUT2D eigenvalue weighted by Crippen LogP contribution is -2.21. The fraction of sp³-hybridized carbons (Fsp3) is 0.105. The number of nitro benzene ring substituents is 1. The Hall–Kier alpha value is -4.02. The number of rotatable bonds is 4. The Balaban J connectivity index is 1.73. The molecule has 0 N–H and O–H groups in total. The normalized spacial score (nSPS) is 11.7. The maximum atomic E-state index is 13.0. The molecule has 2 aromatic heterocycles. The lowest BCUT2D eigenvalue weighted by molar-refractivity contribution is -0.384. The van der Waals surface area contributed by atoms with Crippen molar-refractivity contribution in [2.75, 3.05) is 0 Å². The van der Waals surface area contributed by atoms with Crippen LogP contribution in [0.2, 0.25) is 0 Å². The number of alkyl halides is 3. The highest BCUT2D eigenvalue weighted by Crippen LogP contribution is 2.30. The molecule has 4 rings (SSSR count). The molecule has 0 spiro atoms. The molecule has 30 heavy (non-hydrogen) atoms. The van der Waals surface area contributed by atoms with Crippen molar-refractivity contribution in [1.82, 2.24) is 19.3 Å². The summed E-state index contributed by atoms with van der Waals surface area (Å²) < 4.78 is 41.4. The van der Waals surface area contributed by atoms with E-state index in [0.717, 1.165) is 16.8 Å². The van der Waals surface area contributed by atoms with E-state index in [0.29, 0.717) is 5.56 Å². The molecule has 2 heterocycles. The highest BCUT2D eigenvalue weighted by Gasteiger charge is 2.30. The summed E-state index contributed by atoms with van der Waals surface area (Å²) in [6.07, 6.45) is -2.05. The lowest BCUT2D eigenvalue weighted by Gasteiger charge is -2.09. The molecule has 152 valence electrons. The molecule has 0 atom stereocenters. The molecule has 0 saturated carbocycles. The SMILES string of the molecule is O=c1c2cnn(-c3cccc(C(F)(F)F)c3)c2ncn1Cc1cccc([N+](=O)[O-])c1. The van der Waals surface area contributed by atoms with E-state index in [1.165, 1.54) is 47.4 Å². The summed E-state index contributed by atoms with van der Waals surface area (Å²) in [4.78, 5) is 27.3. The molecule has 8 nitrogen and oxygen atoms in total. The van der Waals surface area contributed by atoms with Gasteiger partial charge in [-0.15, -0.1) is 0 Å². The van der Waals surface area contributed by atoms with Crippen LogP contribution < -0.4 is 5.56 Å². The van der Waals surface area contributed by atoms with Crippen molar-refractivity contribution in [2.45, 2.75) is 12.7 Å². The largest absolute Gasteiger partial charge is 0.416 e. The van der Waals surface area contributed by atoms with Gasteiger partial charge < -0.3 is 0 Å². The van der Waals surface area contributed by atoms with Crippen LogP contribution >= 0.6 is 0 Å². The van der Waals surface area contributed by atoms with Crippen LogP contribution in [0.15, 0.2) is 65.8 Å². The molecule has 0 bridgehead atoms. The molecule has 0 saturated heterocycles. The van der Waals surface area contributed by atoms with E-state index < -0.39 is 22.2 Å². The molecule has 0 unspecified atom stereocenters. The van der Waals surface area contributed by atoms with Gasteiger partial charge in [0.15, 0.2) is 5.65 Å². The minimum Gasteiger partial charge on any atom is -0.294 e. The number of non-ortho nitro benzene ring substituents is 1. The predicted octanol–water partition coefficient (Wildman–Crippen LogP) is 3.56. The Labute approximate surface area is 166 Å². The summed E-state index contributed by atoms with van der Waals surface area (Å²) in [6.45, 7) is 0.0399. The Morgan fingerprint density at radius 3 is 2.60 bits per heavy atom. The van der Waals surface area contributed by atoms with Crippen molar-refractivity contribution in [2.24, 2.45) is 0 Å². The first-order valence-electron chi connectivity index (χ1n) is 8.58. The van der Waals surface area contributed by atoms with Crippen molar-refractivity contribution in [1.29, 1.82) is 0 Å². The number of fused-ring (bicyclic) bond motifs is 1. The molecule has 11 heteroatoms. The average molecular weight is 415 g/mol. The zero-order valence-corrected chi connectivity index (χ0v) is 15.1. The van der Waals surface area contributed by atoms with Crippen LogP contribution in [0.25, 0.3) is 16.7 Å². The zero-order valence-electron chi connectivity index (χ0n) is 15.1. The quantitative estimate of drug-likeness (QED) is 0.375. The maximum absolute atomic E-state index is 13.0. The Kier molecular flexibility index (Phi) is 4.57. The monoisotopic (exact) mass is 415 g/mol. The van der Waals surface area contributed by atoms with Crippen LogP contribution in [0.4, 0.5) is 18.9 Å². The van der Waals surface area contributed by atoms with E-state index in [1.807, 2.05) is 0 Å². The molecule has 0 fully saturated rings. The Morgan fingerprint density at radius 1 is 1.10 bits per heavy atom. The number of hydrogen-bond donors (Lipinski definition) is 0.